The molecule has 0 aliphatic heterocycles. The number of sulfonamides is 1. The van der Waals surface area contributed by atoms with E-state index in [4.69, 9.17) is 0 Å². The van der Waals surface area contributed by atoms with Crippen molar-refractivity contribution in [1.29, 1.82) is 0 Å². The largest absolute Gasteiger partial charge is 0.416 e. The highest BCUT2D eigenvalue weighted by atomic mass is 32.2. The third-order valence-corrected chi connectivity index (χ3v) is 4.76. The van der Waals surface area contributed by atoms with Crippen molar-refractivity contribution in [3.63, 3.8) is 0 Å². The van der Waals surface area contributed by atoms with E-state index < -0.39 is 21.8 Å². The number of rotatable bonds is 7. The van der Waals surface area contributed by atoms with Crippen LogP contribution < -0.4 is 9.62 Å². The second-order valence-electron chi connectivity index (χ2n) is 5.83. The SMILES string of the molecule is CS(=O)(=O)N(CCCC(=O)NC1CC1)c1cccc(C(F)(F)F)c1. The predicted octanol–water partition coefficient (Wildman–Crippen LogP) is 2.53. The molecule has 2 rings (SSSR count). The Balaban J connectivity index is 2.07. The third-order valence-electron chi connectivity index (χ3n) is 3.57. The summed E-state index contributed by atoms with van der Waals surface area (Å²) in [5, 5.41) is 2.78. The smallest absolute Gasteiger partial charge is 0.353 e. The Morgan fingerprint density at radius 3 is 2.54 bits per heavy atom. The zero-order valence-electron chi connectivity index (χ0n) is 13.1. The summed E-state index contributed by atoms with van der Waals surface area (Å²) in [7, 11) is -3.75. The van der Waals surface area contributed by atoms with Gasteiger partial charge in [0.25, 0.3) is 0 Å². The molecule has 0 heterocycles. The fourth-order valence-electron chi connectivity index (χ4n) is 2.23. The normalized spacial score (nSPS) is 15.2. The topological polar surface area (TPSA) is 66.5 Å². The number of amides is 1. The molecule has 1 aromatic carbocycles. The number of hydrogen-bond donors (Lipinski definition) is 1. The highest BCUT2D eigenvalue weighted by Crippen LogP contribution is 2.32. The zero-order valence-corrected chi connectivity index (χ0v) is 14.0. The second-order valence-corrected chi connectivity index (χ2v) is 7.74. The first-order valence-corrected chi connectivity index (χ1v) is 9.36. The molecular weight excluding hydrogens is 345 g/mol. The van der Waals surface area contributed by atoms with Crippen LogP contribution in [-0.4, -0.2) is 33.2 Å². The van der Waals surface area contributed by atoms with Crippen LogP contribution in [0.2, 0.25) is 0 Å². The molecule has 9 heteroatoms. The molecule has 0 aromatic heterocycles. The molecule has 1 aromatic rings. The molecular formula is C15H19F3N2O3S. The van der Waals surface area contributed by atoms with Crippen LogP contribution in [0.4, 0.5) is 18.9 Å². The van der Waals surface area contributed by atoms with Gasteiger partial charge in [-0.1, -0.05) is 6.07 Å². The fraction of sp³-hybridized carbons (Fsp3) is 0.533. The van der Waals surface area contributed by atoms with Gasteiger partial charge in [0, 0.05) is 19.0 Å². The van der Waals surface area contributed by atoms with Crippen molar-refractivity contribution in [3.8, 4) is 0 Å². The molecule has 5 nitrogen and oxygen atoms in total. The van der Waals surface area contributed by atoms with E-state index in [2.05, 4.69) is 5.32 Å². The Labute approximate surface area is 138 Å². The van der Waals surface area contributed by atoms with Gasteiger partial charge in [-0.2, -0.15) is 13.2 Å². The first-order chi connectivity index (χ1) is 11.1. The van der Waals surface area contributed by atoms with Gasteiger partial charge in [-0.25, -0.2) is 8.42 Å². The van der Waals surface area contributed by atoms with Crippen molar-refractivity contribution in [2.24, 2.45) is 0 Å². The van der Waals surface area contributed by atoms with E-state index in [0.29, 0.717) is 0 Å². The lowest BCUT2D eigenvalue weighted by Gasteiger charge is -2.23. The molecule has 1 fully saturated rings. The van der Waals surface area contributed by atoms with Gasteiger partial charge in [-0.3, -0.25) is 9.10 Å². The highest BCUT2D eigenvalue weighted by Gasteiger charge is 2.31. The molecule has 1 aliphatic carbocycles. The summed E-state index contributed by atoms with van der Waals surface area (Å²) in [6.07, 6.45) is -1.37. The van der Waals surface area contributed by atoms with Crippen LogP contribution in [0.15, 0.2) is 24.3 Å². The van der Waals surface area contributed by atoms with E-state index in [-0.39, 0.29) is 37.0 Å². The maximum atomic E-state index is 12.8. The van der Waals surface area contributed by atoms with Crippen molar-refractivity contribution in [2.45, 2.75) is 37.9 Å². The average Bonchev–Trinajstić information content (AvgIpc) is 3.25. The summed E-state index contributed by atoms with van der Waals surface area (Å²) < 4.78 is 63.1. The van der Waals surface area contributed by atoms with Crippen LogP contribution in [0.3, 0.4) is 0 Å². The molecule has 0 bridgehead atoms. The number of benzene rings is 1. The van der Waals surface area contributed by atoms with Gasteiger partial charge in [0.15, 0.2) is 0 Å². The van der Waals surface area contributed by atoms with Crippen LogP contribution in [0.5, 0.6) is 0 Å². The Kier molecular flexibility index (Phi) is 5.42. The second kappa shape index (κ2) is 7.00. The van der Waals surface area contributed by atoms with Crippen molar-refractivity contribution in [2.75, 3.05) is 17.1 Å². The monoisotopic (exact) mass is 364 g/mol. The Morgan fingerprint density at radius 1 is 1.33 bits per heavy atom. The van der Waals surface area contributed by atoms with Gasteiger partial charge < -0.3 is 5.32 Å². The molecule has 0 atom stereocenters. The number of alkyl halides is 3. The van der Waals surface area contributed by atoms with E-state index in [0.717, 1.165) is 41.6 Å². The van der Waals surface area contributed by atoms with Crippen LogP contribution in [0.1, 0.15) is 31.2 Å². The molecule has 134 valence electrons. The molecule has 0 saturated heterocycles. The minimum absolute atomic E-state index is 0.0573. The summed E-state index contributed by atoms with van der Waals surface area (Å²) in [6, 6.07) is 4.36. The molecule has 24 heavy (non-hydrogen) atoms. The number of carbonyl (C=O) groups is 1. The summed E-state index contributed by atoms with van der Waals surface area (Å²) in [5.74, 6) is -0.171. The van der Waals surface area contributed by atoms with Gasteiger partial charge in [0.2, 0.25) is 15.9 Å². The highest BCUT2D eigenvalue weighted by molar-refractivity contribution is 7.92. The lowest BCUT2D eigenvalue weighted by molar-refractivity contribution is -0.137. The number of nitrogens with zero attached hydrogens (tertiary/aromatic N) is 1. The maximum Gasteiger partial charge on any atom is 0.416 e. The molecule has 1 saturated carbocycles. The zero-order chi connectivity index (χ0) is 18.0. The van der Waals surface area contributed by atoms with Gasteiger partial charge in [-0.05, 0) is 37.5 Å². The Hall–Kier alpha value is -1.77. The number of halogens is 3. The van der Waals surface area contributed by atoms with Crippen molar-refractivity contribution in [3.05, 3.63) is 29.8 Å². The van der Waals surface area contributed by atoms with Crippen molar-refractivity contribution in [1.82, 2.24) is 5.32 Å². The van der Waals surface area contributed by atoms with Gasteiger partial charge in [0.1, 0.15) is 0 Å². The average molecular weight is 364 g/mol. The molecule has 1 aliphatic rings. The lowest BCUT2D eigenvalue weighted by atomic mass is 10.2. The lowest BCUT2D eigenvalue weighted by Crippen LogP contribution is -2.32. The van der Waals surface area contributed by atoms with Crippen molar-refractivity contribution >= 4 is 21.6 Å². The van der Waals surface area contributed by atoms with Crippen LogP contribution in [0, 0.1) is 0 Å². The van der Waals surface area contributed by atoms with Crippen LogP contribution >= 0.6 is 0 Å². The quantitative estimate of drug-likeness (QED) is 0.809. The Bertz CT molecular complexity index is 700. The predicted molar refractivity (Wildman–Crippen MR) is 84.0 cm³/mol. The van der Waals surface area contributed by atoms with E-state index in [1.165, 1.54) is 6.07 Å². The minimum Gasteiger partial charge on any atom is -0.353 e. The fourth-order valence-corrected chi connectivity index (χ4v) is 3.19. The van der Waals surface area contributed by atoms with Gasteiger partial charge >= 0.3 is 6.18 Å². The van der Waals surface area contributed by atoms with E-state index >= 15 is 0 Å². The van der Waals surface area contributed by atoms with Gasteiger partial charge in [0.05, 0.1) is 17.5 Å². The molecule has 0 unspecified atom stereocenters. The molecule has 0 radical (unpaired) electrons. The van der Waals surface area contributed by atoms with E-state index in [9.17, 15) is 26.4 Å². The first kappa shape index (κ1) is 18.6. The summed E-state index contributed by atoms with van der Waals surface area (Å²) in [4.78, 5) is 11.6. The number of carbonyl (C=O) groups excluding carboxylic acids is 1. The minimum atomic E-state index is -4.55. The maximum absolute atomic E-state index is 12.8. The van der Waals surface area contributed by atoms with Crippen LogP contribution in [-0.2, 0) is 21.0 Å². The number of hydrogen-bond acceptors (Lipinski definition) is 3. The number of nitrogens with one attached hydrogen (secondary N) is 1. The Morgan fingerprint density at radius 2 is 2.00 bits per heavy atom. The summed E-state index contributed by atoms with van der Waals surface area (Å²) in [5.41, 5.74) is -0.977. The third kappa shape index (κ3) is 5.40. The number of anilines is 1. The van der Waals surface area contributed by atoms with E-state index in [1.54, 1.807) is 0 Å². The molecule has 1 N–H and O–H groups in total. The van der Waals surface area contributed by atoms with Gasteiger partial charge in [-0.15, -0.1) is 0 Å². The first-order valence-electron chi connectivity index (χ1n) is 7.52. The van der Waals surface area contributed by atoms with E-state index in [1.807, 2.05) is 0 Å². The standard InChI is InChI=1S/C15H19F3N2O3S/c1-24(22,23)20(9-3-6-14(21)19-12-7-8-12)13-5-2-4-11(10-13)15(16,17)18/h2,4-5,10,12H,3,6-9H2,1H3,(H,19,21). The van der Waals surface area contributed by atoms with Crippen LogP contribution in [0.25, 0.3) is 0 Å². The summed E-state index contributed by atoms with van der Waals surface area (Å²) in [6.45, 7) is -0.0573. The molecule has 1 amide bonds. The summed E-state index contributed by atoms with van der Waals surface area (Å²) >= 11 is 0. The molecule has 0 spiro atoms. The van der Waals surface area contributed by atoms with Crippen molar-refractivity contribution < 1.29 is 26.4 Å².